The number of anilines is 1. The number of unbranched alkanes of at least 4 members (excludes halogenated alkanes) is 2. The van der Waals surface area contributed by atoms with Crippen LogP contribution in [0.1, 0.15) is 49.0 Å². The van der Waals surface area contributed by atoms with E-state index in [2.05, 4.69) is 19.9 Å². The highest BCUT2D eigenvalue weighted by Gasteiger charge is 2.18. The molecule has 0 saturated heterocycles. The Bertz CT molecular complexity index is 615. The first-order valence-corrected chi connectivity index (χ1v) is 7.76. The molecule has 3 N–H and O–H groups in total. The number of benzene rings is 2. The number of rotatable bonds is 5. The van der Waals surface area contributed by atoms with Crippen molar-refractivity contribution in [2.45, 2.75) is 44.8 Å². The highest BCUT2D eigenvalue weighted by Crippen LogP contribution is 2.42. The van der Waals surface area contributed by atoms with Gasteiger partial charge in [0, 0.05) is 10.8 Å². The number of nitrogens with two attached hydrogens (primary N) is 1. The molecule has 1 unspecified atom stereocenters. The summed E-state index contributed by atoms with van der Waals surface area (Å²) in [5.41, 5.74) is 8.45. The fourth-order valence-corrected chi connectivity index (χ4v) is 3.13. The number of halogens is 1. The first-order valence-electron chi connectivity index (χ1n) is 7.25. The number of hydrogen-bond acceptors (Lipinski definition) is 3. The van der Waals surface area contributed by atoms with Crippen molar-refractivity contribution in [3.8, 4) is 5.75 Å². The first-order chi connectivity index (χ1) is 9.56. The first kappa shape index (κ1) is 18.0. The van der Waals surface area contributed by atoms with Gasteiger partial charge in [0.15, 0.2) is 0 Å². The second-order valence-corrected chi connectivity index (χ2v) is 6.03. The number of thiol groups is 1. The van der Waals surface area contributed by atoms with Crippen LogP contribution in [-0.2, 0) is 0 Å². The average Bonchev–Trinajstić information content (AvgIpc) is 2.41. The number of phenols is 1. The zero-order chi connectivity index (χ0) is 14.7. The van der Waals surface area contributed by atoms with Crippen LogP contribution >= 0.6 is 25.0 Å². The van der Waals surface area contributed by atoms with E-state index in [0.29, 0.717) is 5.69 Å². The van der Waals surface area contributed by atoms with E-state index < -0.39 is 0 Å². The van der Waals surface area contributed by atoms with Gasteiger partial charge in [0.25, 0.3) is 0 Å². The van der Waals surface area contributed by atoms with Gasteiger partial charge in [-0.05, 0) is 35.7 Å². The number of aryl methyl sites for hydroxylation is 1. The van der Waals surface area contributed by atoms with E-state index >= 15 is 0 Å². The SMILES string of the molecule is CCCCCC(S)c1c(O)c(N)cc2c(C)cccc12.Cl. The fraction of sp³-hybridized carbons (Fsp3) is 0.412. The normalized spacial score (nSPS) is 12.1. The fourth-order valence-electron chi connectivity index (χ4n) is 2.68. The van der Waals surface area contributed by atoms with Crippen LogP contribution in [0.5, 0.6) is 5.75 Å². The number of nitrogen functional groups attached to an aromatic ring is 1. The molecule has 2 rings (SSSR count). The Morgan fingerprint density at radius 2 is 1.95 bits per heavy atom. The van der Waals surface area contributed by atoms with Gasteiger partial charge >= 0.3 is 0 Å². The lowest BCUT2D eigenvalue weighted by Gasteiger charge is -2.18. The molecule has 116 valence electrons. The third kappa shape index (κ3) is 3.78. The van der Waals surface area contributed by atoms with Gasteiger partial charge in [-0.1, -0.05) is 44.4 Å². The molecule has 1 atom stereocenters. The van der Waals surface area contributed by atoms with Crippen LogP contribution in [-0.4, -0.2) is 5.11 Å². The zero-order valence-electron chi connectivity index (χ0n) is 12.6. The zero-order valence-corrected chi connectivity index (χ0v) is 14.3. The van der Waals surface area contributed by atoms with Crippen molar-refractivity contribution < 1.29 is 5.11 Å². The Hall–Kier alpha value is -1.06. The summed E-state index contributed by atoms with van der Waals surface area (Å²) in [5, 5.41) is 12.5. The molecule has 0 radical (unpaired) electrons. The monoisotopic (exact) mass is 325 g/mol. The minimum atomic E-state index is 0. The summed E-state index contributed by atoms with van der Waals surface area (Å²) in [4.78, 5) is 0. The standard InChI is InChI=1S/C17H23NOS.ClH/c1-3-4-5-9-15(20)16-12-8-6-7-11(2)13(12)10-14(18)17(16)19;/h6-8,10,15,19-20H,3-5,9,18H2,1-2H3;1H. The maximum atomic E-state index is 10.3. The van der Waals surface area contributed by atoms with Crippen molar-refractivity contribution >= 4 is 41.5 Å². The molecule has 0 spiro atoms. The summed E-state index contributed by atoms with van der Waals surface area (Å²) in [6.07, 6.45) is 4.45. The van der Waals surface area contributed by atoms with E-state index in [9.17, 15) is 5.11 Å². The van der Waals surface area contributed by atoms with E-state index in [1.807, 2.05) is 18.2 Å². The van der Waals surface area contributed by atoms with Gasteiger partial charge < -0.3 is 10.8 Å². The van der Waals surface area contributed by atoms with Crippen molar-refractivity contribution in [3.63, 3.8) is 0 Å². The highest BCUT2D eigenvalue weighted by atomic mass is 35.5. The Labute approximate surface area is 138 Å². The average molecular weight is 326 g/mol. The van der Waals surface area contributed by atoms with Crippen molar-refractivity contribution in [2.24, 2.45) is 0 Å². The van der Waals surface area contributed by atoms with Gasteiger partial charge in [0.05, 0.1) is 5.69 Å². The van der Waals surface area contributed by atoms with E-state index in [0.717, 1.165) is 29.2 Å². The van der Waals surface area contributed by atoms with Crippen LogP contribution in [0.3, 0.4) is 0 Å². The minimum Gasteiger partial charge on any atom is -0.505 e. The predicted molar refractivity (Wildman–Crippen MR) is 97.9 cm³/mol. The van der Waals surface area contributed by atoms with Crippen molar-refractivity contribution in [1.82, 2.24) is 0 Å². The third-order valence-electron chi connectivity index (χ3n) is 3.86. The molecule has 21 heavy (non-hydrogen) atoms. The summed E-state index contributed by atoms with van der Waals surface area (Å²) in [6.45, 7) is 4.25. The van der Waals surface area contributed by atoms with Crippen LogP contribution < -0.4 is 5.73 Å². The molecular weight excluding hydrogens is 302 g/mol. The summed E-state index contributed by atoms with van der Waals surface area (Å²) < 4.78 is 0. The van der Waals surface area contributed by atoms with Crippen LogP contribution in [0.25, 0.3) is 10.8 Å². The molecular formula is C17H24ClNOS. The van der Waals surface area contributed by atoms with Crippen LogP contribution in [0.15, 0.2) is 24.3 Å². The van der Waals surface area contributed by atoms with E-state index in [-0.39, 0.29) is 23.4 Å². The van der Waals surface area contributed by atoms with Crippen molar-refractivity contribution in [1.29, 1.82) is 0 Å². The maximum absolute atomic E-state index is 10.3. The highest BCUT2D eigenvalue weighted by molar-refractivity contribution is 7.80. The molecule has 0 aliphatic rings. The summed E-state index contributed by atoms with van der Waals surface area (Å²) >= 11 is 4.70. The molecule has 0 amide bonds. The Balaban J connectivity index is 0.00000220. The number of aromatic hydroxyl groups is 1. The minimum absolute atomic E-state index is 0. The van der Waals surface area contributed by atoms with Gasteiger partial charge in [-0.3, -0.25) is 0 Å². The smallest absolute Gasteiger partial charge is 0.143 e. The Morgan fingerprint density at radius 3 is 2.62 bits per heavy atom. The molecule has 0 aliphatic heterocycles. The molecule has 0 bridgehead atoms. The van der Waals surface area contributed by atoms with E-state index in [1.54, 1.807) is 0 Å². The Kier molecular flexibility index (Phi) is 6.69. The lowest BCUT2D eigenvalue weighted by Crippen LogP contribution is -1.98. The molecule has 4 heteroatoms. The van der Waals surface area contributed by atoms with Gasteiger partial charge in [-0.25, -0.2) is 0 Å². The van der Waals surface area contributed by atoms with Gasteiger partial charge in [-0.15, -0.1) is 12.4 Å². The lowest BCUT2D eigenvalue weighted by atomic mass is 9.95. The summed E-state index contributed by atoms with van der Waals surface area (Å²) in [6, 6.07) is 7.98. The molecule has 2 aromatic rings. The number of hydrogen-bond donors (Lipinski definition) is 3. The molecule has 0 aliphatic carbocycles. The van der Waals surface area contributed by atoms with Crippen LogP contribution in [0, 0.1) is 6.92 Å². The quantitative estimate of drug-likeness (QED) is 0.298. The molecule has 0 fully saturated rings. The van der Waals surface area contributed by atoms with Gasteiger partial charge in [0.1, 0.15) is 5.75 Å². The Morgan fingerprint density at radius 1 is 1.24 bits per heavy atom. The van der Waals surface area contributed by atoms with Crippen molar-refractivity contribution in [2.75, 3.05) is 5.73 Å². The molecule has 0 aromatic heterocycles. The van der Waals surface area contributed by atoms with E-state index in [1.165, 1.54) is 18.4 Å². The largest absolute Gasteiger partial charge is 0.505 e. The molecule has 0 heterocycles. The predicted octanol–water partition coefficient (Wildman–Crippen LogP) is 5.41. The topological polar surface area (TPSA) is 46.2 Å². The summed E-state index contributed by atoms with van der Waals surface area (Å²) in [5.74, 6) is 0.194. The van der Waals surface area contributed by atoms with Crippen molar-refractivity contribution in [3.05, 3.63) is 35.4 Å². The van der Waals surface area contributed by atoms with E-state index in [4.69, 9.17) is 18.4 Å². The van der Waals surface area contributed by atoms with Crippen LogP contribution in [0.2, 0.25) is 0 Å². The second-order valence-electron chi connectivity index (χ2n) is 5.41. The molecule has 2 nitrogen and oxygen atoms in total. The summed E-state index contributed by atoms with van der Waals surface area (Å²) in [7, 11) is 0. The van der Waals surface area contributed by atoms with Gasteiger partial charge in [-0.2, -0.15) is 12.6 Å². The van der Waals surface area contributed by atoms with Gasteiger partial charge in [0.2, 0.25) is 0 Å². The molecule has 2 aromatic carbocycles. The number of fused-ring (bicyclic) bond motifs is 1. The second kappa shape index (κ2) is 7.81. The maximum Gasteiger partial charge on any atom is 0.143 e. The van der Waals surface area contributed by atoms with Crippen LogP contribution in [0.4, 0.5) is 5.69 Å². The third-order valence-corrected chi connectivity index (χ3v) is 4.37. The lowest BCUT2D eigenvalue weighted by molar-refractivity contribution is 0.469. The molecule has 0 saturated carbocycles. The number of phenolic OH excluding ortho intramolecular Hbond substituents is 1.